The minimum absolute atomic E-state index is 0. The molecule has 4 nitrogen and oxygen atoms in total. The van der Waals surface area contributed by atoms with Crippen LogP contribution in [-0.4, -0.2) is 27.4 Å². The molecule has 0 bridgehead atoms. The van der Waals surface area contributed by atoms with E-state index < -0.39 is 0 Å². The molecule has 4 atom stereocenters. The van der Waals surface area contributed by atoms with Gasteiger partial charge in [-0.05, 0) is 43.7 Å². The summed E-state index contributed by atoms with van der Waals surface area (Å²) in [6.45, 7) is 0. The van der Waals surface area contributed by atoms with Crippen molar-refractivity contribution in [2.45, 2.75) is 44.3 Å². The van der Waals surface area contributed by atoms with Crippen molar-refractivity contribution in [1.29, 1.82) is 0 Å². The summed E-state index contributed by atoms with van der Waals surface area (Å²) in [5.74, 6) is 1.45. The van der Waals surface area contributed by atoms with Crippen molar-refractivity contribution in [2.24, 2.45) is 11.8 Å². The Kier molecular flexibility index (Phi) is 6.83. The number of nitrogens with zero attached hydrogens (tertiary/aromatic N) is 1. The Balaban J connectivity index is 0.000000157. The third kappa shape index (κ3) is 4.49. The minimum Gasteiger partial charge on any atom is -0.481 e. The van der Waals surface area contributed by atoms with Crippen LogP contribution in [0.4, 0.5) is 0 Å². The molecular weight excluding hydrogens is 518 g/mol. The van der Waals surface area contributed by atoms with E-state index in [0.29, 0.717) is 11.8 Å². The summed E-state index contributed by atoms with van der Waals surface area (Å²) in [7, 11) is 0. The van der Waals surface area contributed by atoms with E-state index in [0.717, 1.165) is 42.3 Å². The number of aliphatic hydroxyl groups excluding tert-OH is 2. The average Bonchev–Trinajstić information content (AvgIpc) is 3.28. The van der Waals surface area contributed by atoms with Crippen LogP contribution in [0.1, 0.15) is 32.1 Å². The molecule has 2 aliphatic carbocycles. The molecule has 5 heteroatoms. The van der Waals surface area contributed by atoms with Gasteiger partial charge < -0.3 is 14.6 Å². The second-order valence-corrected chi connectivity index (χ2v) is 7.24. The Morgan fingerprint density at radius 3 is 2.44 bits per heavy atom. The number of fused-ring (bicyclic) bond motifs is 2. The van der Waals surface area contributed by atoms with Gasteiger partial charge in [-0.1, -0.05) is 24.1 Å². The fraction of sp³-hybridized carbons (Fsp3) is 0.409. The van der Waals surface area contributed by atoms with Crippen molar-refractivity contribution < 1.29 is 34.7 Å². The molecule has 27 heavy (non-hydrogen) atoms. The summed E-state index contributed by atoms with van der Waals surface area (Å²) >= 11 is 0. The minimum atomic E-state index is -0.216. The molecular formula is C22H24IrNO3-. The van der Waals surface area contributed by atoms with Gasteiger partial charge in [0.25, 0.3) is 0 Å². The van der Waals surface area contributed by atoms with Crippen molar-refractivity contribution in [1.82, 2.24) is 4.98 Å². The van der Waals surface area contributed by atoms with Crippen LogP contribution >= 0.6 is 0 Å². The summed E-state index contributed by atoms with van der Waals surface area (Å²) in [5, 5.41) is 19.1. The standard InChI is InChI=1S/C13H8NO.C9H16O2.Ir/c1-2-6-10(7-3-1)13-14-11-8-4-5-9-12(11)15-13;10-7-3-1-2-6-4-5-8(11)9(6)7;/h1-6,8-9H;6-11H,1-5H2;/q-1;;. The van der Waals surface area contributed by atoms with E-state index >= 15 is 0 Å². The number of oxazole rings is 1. The average molecular weight is 543 g/mol. The van der Waals surface area contributed by atoms with E-state index in [9.17, 15) is 10.2 Å². The first-order chi connectivity index (χ1) is 12.7. The largest absolute Gasteiger partial charge is 0.481 e. The topological polar surface area (TPSA) is 66.5 Å². The van der Waals surface area contributed by atoms with Crippen LogP contribution in [0.25, 0.3) is 22.6 Å². The van der Waals surface area contributed by atoms with Gasteiger partial charge in [0, 0.05) is 26.0 Å². The number of aliphatic hydroxyl groups is 2. The predicted molar refractivity (Wildman–Crippen MR) is 100 cm³/mol. The number of benzene rings is 2. The molecule has 2 aliphatic rings. The van der Waals surface area contributed by atoms with Crippen molar-refractivity contribution in [3.05, 3.63) is 54.6 Å². The molecule has 2 saturated carbocycles. The third-order valence-corrected chi connectivity index (χ3v) is 5.57. The summed E-state index contributed by atoms with van der Waals surface area (Å²) in [6.07, 6.45) is 4.88. The van der Waals surface area contributed by atoms with Gasteiger partial charge in [0.05, 0.1) is 17.7 Å². The maximum Gasteiger partial charge on any atom is 0.141 e. The number of rotatable bonds is 1. The van der Waals surface area contributed by atoms with E-state index in [-0.39, 0.29) is 38.2 Å². The fourth-order valence-electron chi connectivity index (χ4n) is 4.29. The quantitative estimate of drug-likeness (QED) is 0.453. The number of aromatic nitrogens is 1. The maximum absolute atomic E-state index is 9.59. The molecule has 1 heterocycles. The van der Waals surface area contributed by atoms with Gasteiger partial charge >= 0.3 is 0 Å². The Hall–Kier alpha value is -1.52. The molecule has 2 fully saturated rings. The first-order valence-corrected chi connectivity index (χ1v) is 9.41. The second kappa shape index (κ2) is 9.11. The summed E-state index contributed by atoms with van der Waals surface area (Å²) < 4.78 is 5.61. The van der Waals surface area contributed by atoms with E-state index in [1.165, 1.54) is 6.42 Å². The maximum atomic E-state index is 9.59. The van der Waals surface area contributed by atoms with Crippen molar-refractivity contribution >= 4 is 11.1 Å². The van der Waals surface area contributed by atoms with Crippen LogP contribution < -0.4 is 0 Å². The van der Waals surface area contributed by atoms with Crippen LogP contribution in [0, 0.1) is 17.9 Å². The van der Waals surface area contributed by atoms with Gasteiger partial charge in [-0.3, -0.25) is 4.98 Å². The smallest absolute Gasteiger partial charge is 0.141 e. The molecule has 3 aromatic rings. The first-order valence-electron chi connectivity index (χ1n) is 9.41. The van der Waals surface area contributed by atoms with Crippen molar-refractivity contribution in [3.63, 3.8) is 0 Å². The van der Waals surface area contributed by atoms with Gasteiger partial charge in [-0.2, -0.15) is 0 Å². The van der Waals surface area contributed by atoms with Crippen LogP contribution in [0.2, 0.25) is 0 Å². The number of para-hydroxylation sites is 2. The zero-order valence-corrected chi connectivity index (χ0v) is 17.4. The van der Waals surface area contributed by atoms with Gasteiger partial charge in [0.15, 0.2) is 0 Å². The Morgan fingerprint density at radius 2 is 1.70 bits per heavy atom. The van der Waals surface area contributed by atoms with Crippen LogP contribution in [0.5, 0.6) is 0 Å². The zero-order chi connectivity index (χ0) is 17.9. The fourth-order valence-corrected chi connectivity index (χ4v) is 4.29. The molecule has 1 aromatic heterocycles. The Morgan fingerprint density at radius 1 is 0.926 bits per heavy atom. The van der Waals surface area contributed by atoms with Crippen LogP contribution in [-0.2, 0) is 20.1 Å². The molecule has 0 saturated heterocycles. The Labute approximate surface area is 173 Å². The van der Waals surface area contributed by atoms with E-state index in [1.807, 2.05) is 48.5 Å². The molecule has 2 aromatic carbocycles. The predicted octanol–water partition coefficient (Wildman–Crippen LogP) is 4.21. The van der Waals surface area contributed by atoms with Gasteiger partial charge in [-0.15, -0.1) is 30.3 Å². The van der Waals surface area contributed by atoms with Gasteiger partial charge in [0.1, 0.15) is 11.5 Å². The first kappa shape index (κ1) is 20.2. The normalized spacial score (nSPS) is 26.6. The molecule has 145 valence electrons. The van der Waals surface area contributed by atoms with Crippen molar-refractivity contribution in [2.75, 3.05) is 0 Å². The number of hydrogen-bond acceptors (Lipinski definition) is 4. The van der Waals surface area contributed by atoms with E-state index in [1.54, 1.807) is 0 Å². The molecule has 0 aliphatic heterocycles. The molecule has 5 rings (SSSR count). The van der Waals surface area contributed by atoms with Gasteiger partial charge in [-0.25, -0.2) is 0 Å². The van der Waals surface area contributed by atoms with Crippen molar-refractivity contribution in [3.8, 4) is 11.5 Å². The van der Waals surface area contributed by atoms with Crippen LogP contribution in [0.3, 0.4) is 0 Å². The summed E-state index contributed by atoms with van der Waals surface area (Å²) in [4.78, 5) is 4.39. The van der Waals surface area contributed by atoms with Crippen LogP contribution in [0.15, 0.2) is 52.9 Å². The summed E-state index contributed by atoms with van der Waals surface area (Å²) in [6, 6.07) is 18.5. The molecule has 2 N–H and O–H groups in total. The molecule has 0 amide bonds. The van der Waals surface area contributed by atoms with E-state index in [2.05, 4.69) is 11.1 Å². The summed E-state index contributed by atoms with van der Waals surface area (Å²) in [5.41, 5.74) is 2.57. The monoisotopic (exact) mass is 543 g/mol. The zero-order valence-electron chi connectivity index (χ0n) is 15.0. The SMILES string of the molecule is OC1CCCC2CCC(O)C12.[Ir].[c-]1ccccc1-c1nc2ccccc2o1. The molecule has 0 spiro atoms. The second-order valence-electron chi connectivity index (χ2n) is 7.24. The molecule has 4 unspecified atom stereocenters. The van der Waals surface area contributed by atoms with E-state index in [4.69, 9.17) is 4.42 Å². The third-order valence-electron chi connectivity index (χ3n) is 5.57. The Bertz CT molecular complexity index is 816. The molecule has 1 radical (unpaired) electrons. The van der Waals surface area contributed by atoms with Gasteiger partial charge in [0.2, 0.25) is 0 Å². The number of hydrogen-bond donors (Lipinski definition) is 2.